The molecule has 2 N–H and O–H groups in total. The Morgan fingerprint density at radius 2 is 2.15 bits per heavy atom. The minimum absolute atomic E-state index is 0.296. The number of rotatable bonds is 10. The first kappa shape index (κ1) is 17.0. The van der Waals surface area contributed by atoms with Gasteiger partial charge in [-0.2, -0.15) is 17.8 Å². The maximum atomic E-state index is 11.9. The van der Waals surface area contributed by atoms with E-state index in [0.717, 1.165) is 19.5 Å². The summed E-state index contributed by atoms with van der Waals surface area (Å²) in [5.74, 6) is 0.630. The Hall–Kier alpha value is -1.03. The van der Waals surface area contributed by atoms with Crippen molar-refractivity contribution in [2.75, 3.05) is 33.2 Å². The third-order valence-electron chi connectivity index (χ3n) is 2.77. The van der Waals surface area contributed by atoms with E-state index in [4.69, 9.17) is 0 Å². The molecule has 0 amide bonds. The second kappa shape index (κ2) is 8.30. The van der Waals surface area contributed by atoms with Gasteiger partial charge in [-0.15, -0.1) is 0 Å². The molecule has 0 fully saturated rings. The first-order valence-electron chi connectivity index (χ1n) is 6.72. The van der Waals surface area contributed by atoms with Crippen LogP contribution < -0.4 is 10.0 Å². The van der Waals surface area contributed by atoms with Crippen LogP contribution in [0.2, 0.25) is 0 Å². The number of aryl methyl sites for hydroxylation is 1. The molecule has 0 aliphatic rings. The Kier molecular flexibility index (Phi) is 7.06. The van der Waals surface area contributed by atoms with Crippen LogP contribution in [0.15, 0.2) is 6.33 Å². The molecule has 0 unspecified atom stereocenters. The fourth-order valence-electron chi connectivity index (χ4n) is 1.62. The van der Waals surface area contributed by atoms with Crippen molar-refractivity contribution in [1.82, 2.24) is 29.1 Å². The van der Waals surface area contributed by atoms with Gasteiger partial charge < -0.3 is 5.32 Å². The molecule has 8 nitrogen and oxygen atoms in total. The van der Waals surface area contributed by atoms with Crippen molar-refractivity contribution in [2.24, 2.45) is 7.05 Å². The van der Waals surface area contributed by atoms with Gasteiger partial charge in [0.05, 0.1) is 0 Å². The van der Waals surface area contributed by atoms with Gasteiger partial charge in [0.25, 0.3) is 10.2 Å². The summed E-state index contributed by atoms with van der Waals surface area (Å²) < 4.78 is 29.3. The van der Waals surface area contributed by atoms with Gasteiger partial charge in [-0.25, -0.2) is 9.71 Å². The van der Waals surface area contributed by atoms with Crippen molar-refractivity contribution >= 4 is 10.2 Å². The Morgan fingerprint density at radius 1 is 1.40 bits per heavy atom. The molecule has 0 bridgehead atoms. The van der Waals surface area contributed by atoms with Crippen LogP contribution in [0.3, 0.4) is 0 Å². The van der Waals surface area contributed by atoms with Crippen molar-refractivity contribution < 1.29 is 8.42 Å². The monoisotopic (exact) mass is 304 g/mol. The maximum Gasteiger partial charge on any atom is 0.279 e. The molecular formula is C11H24N6O2S. The summed E-state index contributed by atoms with van der Waals surface area (Å²) in [5.41, 5.74) is 0. The van der Waals surface area contributed by atoms with Gasteiger partial charge in [0.15, 0.2) is 5.82 Å². The number of aromatic nitrogens is 3. The van der Waals surface area contributed by atoms with Gasteiger partial charge in [0, 0.05) is 33.6 Å². The van der Waals surface area contributed by atoms with Crippen LogP contribution in [-0.2, 0) is 23.7 Å². The smallest absolute Gasteiger partial charge is 0.279 e. The summed E-state index contributed by atoms with van der Waals surface area (Å²) in [7, 11) is -0.0644. The average Bonchev–Trinajstić information content (AvgIpc) is 2.80. The molecule has 0 aromatic carbocycles. The summed E-state index contributed by atoms with van der Waals surface area (Å²) >= 11 is 0. The maximum absolute atomic E-state index is 11.9. The second-order valence-electron chi connectivity index (χ2n) is 4.51. The van der Waals surface area contributed by atoms with E-state index < -0.39 is 10.2 Å². The molecule has 1 aromatic heterocycles. The minimum Gasteiger partial charge on any atom is -0.317 e. The van der Waals surface area contributed by atoms with Crippen molar-refractivity contribution in [3.8, 4) is 0 Å². The standard InChI is InChI=1S/C11H24N6O2S/c1-4-12-7-5-9-17(3)20(18,19)14-8-6-11-13-10-16(2)15-11/h10,12,14H,4-9H2,1-3H3. The van der Waals surface area contributed by atoms with E-state index in [-0.39, 0.29) is 0 Å². The van der Waals surface area contributed by atoms with Crippen LogP contribution in [0.25, 0.3) is 0 Å². The molecule has 0 saturated heterocycles. The van der Waals surface area contributed by atoms with E-state index in [9.17, 15) is 8.42 Å². The van der Waals surface area contributed by atoms with Crippen LogP contribution in [0.1, 0.15) is 19.2 Å². The van der Waals surface area contributed by atoms with E-state index in [1.807, 2.05) is 6.92 Å². The fraction of sp³-hybridized carbons (Fsp3) is 0.818. The number of hydrogen-bond donors (Lipinski definition) is 2. The van der Waals surface area contributed by atoms with Gasteiger partial charge in [-0.05, 0) is 19.5 Å². The topological polar surface area (TPSA) is 92.2 Å². The molecule has 0 radical (unpaired) electrons. The van der Waals surface area contributed by atoms with Gasteiger partial charge in [-0.3, -0.25) is 4.68 Å². The summed E-state index contributed by atoms with van der Waals surface area (Å²) in [5, 5.41) is 7.26. The molecule has 116 valence electrons. The highest BCUT2D eigenvalue weighted by Crippen LogP contribution is 1.96. The van der Waals surface area contributed by atoms with E-state index in [2.05, 4.69) is 20.1 Å². The molecule has 0 aliphatic carbocycles. The number of hydrogen-bond acceptors (Lipinski definition) is 5. The highest BCUT2D eigenvalue weighted by atomic mass is 32.2. The second-order valence-corrected chi connectivity index (χ2v) is 6.37. The zero-order chi connectivity index (χ0) is 15.0. The Morgan fingerprint density at radius 3 is 2.75 bits per heavy atom. The Balaban J connectivity index is 2.29. The lowest BCUT2D eigenvalue weighted by Gasteiger charge is -2.17. The van der Waals surface area contributed by atoms with Crippen LogP contribution >= 0.6 is 0 Å². The number of nitrogens with zero attached hydrogens (tertiary/aromatic N) is 4. The highest BCUT2D eigenvalue weighted by Gasteiger charge is 2.16. The van der Waals surface area contributed by atoms with Gasteiger partial charge in [-0.1, -0.05) is 6.92 Å². The predicted octanol–water partition coefficient (Wildman–Crippen LogP) is -0.877. The van der Waals surface area contributed by atoms with Crippen molar-refractivity contribution in [3.05, 3.63) is 12.2 Å². The third kappa shape index (κ3) is 5.95. The zero-order valence-corrected chi connectivity index (χ0v) is 13.2. The van der Waals surface area contributed by atoms with E-state index in [1.54, 1.807) is 25.1 Å². The SMILES string of the molecule is CCNCCCN(C)S(=O)(=O)NCCc1ncn(C)n1. The summed E-state index contributed by atoms with van der Waals surface area (Å²) in [6, 6.07) is 0. The molecule has 0 saturated carbocycles. The Labute approximate surface area is 120 Å². The van der Waals surface area contributed by atoms with Gasteiger partial charge >= 0.3 is 0 Å². The predicted molar refractivity (Wildman–Crippen MR) is 77.4 cm³/mol. The Bertz CT molecular complexity index is 487. The molecule has 9 heteroatoms. The summed E-state index contributed by atoms with van der Waals surface area (Å²) in [6.45, 7) is 4.52. The normalized spacial score (nSPS) is 12.2. The van der Waals surface area contributed by atoms with Crippen molar-refractivity contribution in [2.45, 2.75) is 19.8 Å². The van der Waals surface area contributed by atoms with Gasteiger partial charge in [0.2, 0.25) is 0 Å². The minimum atomic E-state index is -3.42. The van der Waals surface area contributed by atoms with Gasteiger partial charge in [0.1, 0.15) is 6.33 Å². The molecular weight excluding hydrogens is 280 g/mol. The van der Waals surface area contributed by atoms with Crippen LogP contribution in [-0.4, -0.2) is 60.7 Å². The van der Waals surface area contributed by atoms with Crippen LogP contribution in [0.4, 0.5) is 0 Å². The van der Waals surface area contributed by atoms with Crippen molar-refractivity contribution in [1.29, 1.82) is 0 Å². The summed E-state index contributed by atoms with van der Waals surface area (Å²) in [6.07, 6.45) is 2.86. The lowest BCUT2D eigenvalue weighted by molar-refractivity contribution is 0.446. The first-order chi connectivity index (χ1) is 9.45. The van der Waals surface area contributed by atoms with E-state index in [0.29, 0.717) is 25.3 Å². The fourth-order valence-corrected chi connectivity index (χ4v) is 2.57. The molecule has 0 spiro atoms. The lowest BCUT2D eigenvalue weighted by atomic mass is 10.4. The molecule has 1 aromatic rings. The zero-order valence-electron chi connectivity index (χ0n) is 12.3. The first-order valence-corrected chi connectivity index (χ1v) is 8.16. The molecule has 0 atom stereocenters. The quantitative estimate of drug-likeness (QED) is 0.548. The van der Waals surface area contributed by atoms with Crippen molar-refractivity contribution in [3.63, 3.8) is 0 Å². The molecule has 0 aliphatic heterocycles. The third-order valence-corrected chi connectivity index (χ3v) is 4.34. The van der Waals surface area contributed by atoms with Crippen LogP contribution in [0, 0.1) is 0 Å². The largest absolute Gasteiger partial charge is 0.317 e. The van der Waals surface area contributed by atoms with E-state index >= 15 is 0 Å². The number of nitrogens with one attached hydrogen (secondary N) is 2. The highest BCUT2D eigenvalue weighted by molar-refractivity contribution is 7.87. The van der Waals surface area contributed by atoms with E-state index in [1.165, 1.54) is 4.31 Å². The molecule has 1 heterocycles. The lowest BCUT2D eigenvalue weighted by Crippen LogP contribution is -2.40. The summed E-state index contributed by atoms with van der Waals surface area (Å²) in [4.78, 5) is 4.05. The van der Waals surface area contributed by atoms with Crippen LogP contribution in [0.5, 0.6) is 0 Å². The molecule has 1 rings (SSSR count). The molecule has 20 heavy (non-hydrogen) atoms. The average molecular weight is 304 g/mol.